The topological polar surface area (TPSA) is 71.3 Å². The van der Waals surface area contributed by atoms with Crippen molar-refractivity contribution in [3.05, 3.63) is 75.7 Å². The van der Waals surface area contributed by atoms with Gasteiger partial charge in [0, 0.05) is 34.1 Å². The molecule has 5 heteroatoms. The third-order valence-electron chi connectivity index (χ3n) is 6.43. The summed E-state index contributed by atoms with van der Waals surface area (Å²) < 4.78 is 1.44. The molecule has 0 radical (unpaired) electrons. The second-order valence-corrected chi connectivity index (χ2v) is 8.31. The van der Waals surface area contributed by atoms with E-state index in [-0.39, 0.29) is 17.4 Å². The lowest BCUT2D eigenvalue weighted by molar-refractivity contribution is 0.0210. The number of aliphatic hydroxyl groups excluding tert-OH is 1. The van der Waals surface area contributed by atoms with E-state index >= 15 is 0 Å². The van der Waals surface area contributed by atoms with Crippen LogP contribution in [-0.2, 0) is 0 Å². The Hall–Kier alpha value is -2.92. The zero-order valence-corrected chi connectivity index (χ0v) is 17.5. The van der Waals surface area contributed by atoms with Gasteiger partial charge >= 0.3 is 0 Å². The summed E-state index contributed by atoms with van der Waals surface area (Å²) in [6.07, 6.45) is 6.11. The molecule has 2 N–H and O–H groups in total. The molecule has 1 aliphatic rings. The molecule has 0 bridgehead atoms. The average molecular weight is 405 g/mol. The lowest BCUT2D eigenvalue weighted by Gasteiger charge is -2.28. The number of rotatable bonds is 4. The molecule has 30 heavy (non-hydrogen) atoms. The monoisotopic (exact) mass is 404 g/mol. The average Bonchev–Trinajstić information content (AvgIpc) is 2.76. The number of pyridine rings is 1. The van der Waals surface area contributed by atoms with Crippen molar-refractivity contribution in [1.29, 1.82) is 0 Å². The predicted molar refractivity (Wildman–Crippen MR) is 120 cm³/mol. The van der Waals surface area contributed by atoms with Gasteiger partial charge in [0.25, 0.3) is 11.5 Å². The van der Waals surface area contributed by atoms with Gasteiger partial charge in [-0.25, -0.2) is 0 Å². The molecule has 1 amide bonds. The summed E-state index contributed by atoms with van der Waals surface area (Å²) in [5.74, 6) is -0.0869. The highest BCUT2D eigenvalue weighted by Gasteiger charge is 2.24. The van der Waals surface area contributed by atoms with Crippen LogP contribution < -0.4 is 10.9 Å². The van der Waals surface area contributed by atoms with E-state index in [4.69, 9.17) is 0 Å². The van der Waals surface area contributed by atoms with Gasteiger partial charge in [-0.3, -0.25) is 14.2 Å². The molecule has 156 valence electrons. The Kier molecular flexibility index (Phi) is 5.73. The molecule has 0 saturated heterocycles. The number of anilines is 1. The molecule has 1 aliphatic carbocycles. The van der Waals surface area contributed by atoms with Crippen molar-refractivity contribution in [3.8, 4) is 0 Å². The first-order valence-corrected chi connectivity index (χ1v) is 10.7. The summed E-state index contributed by atoms with van der Waals surface area (Å²) in [5.41, 5.74) is 2.98. The molecule has 4 rings (SSSR count). The van der Waals surface area contributed by atoms with Crippen LogP contribution in [0, 0.1) is 19.8 Å². The number of aromatic nitrogens is 1. The fourth-order valence-electron chi connectivity index (χ4n) is 4.46. The molecule has 1 saturated carbocycles. The van der Waals surface area contributed by atoms with Crippen LogP contribution in [0.5, 0.6) is 0 Å². The minimum Gasteiger partial charge on any atom is -0.373 e. The maximum Gasteiger partial charge on any atom is 0.260 e. The molecule has 1 heterocycles. The molecule has 1 unspecified atom stereocenters. The largest absolute Gasteiger partial charge is 0.373 e. The summed E-state index contributed by atoms with van der Waals surface area (Å²) in [6.45, 7) is 3.91. The number of aliphatic hydroxyl groups is 1. The number of nitrogens with zero attached hydrogens (tertiary/aromatic N) is 1. The molecular weight excluding hydrogens is 376 g/mol. The van der Waals surface area contributed by atoms with E-state index in [1.807, 2.05) is 32.0 Å². The van der Waals surface area contributed by atoms with E-state index in [1.165, 1.54) is 11.0 Å². The number of carbonyl (C=O) groups excluding carboxylic acids is 1. The molecule has 5 nitrogen and oxygen atoms in total. The summed E-state index contributed by atoms with van der Waals surface area (Å²) in [6, 6.07) is 12.8. The van der Waals surface area contributed by atoms with E-state index in [0.29, 0.717) is 22.0 Å². The first kappa shape index (κ1) is 20.4. The third kappa shape index (κ3) is 3.77. The van der Waals surface area contributed by atoms with E-state index in [2.05, 4.69) is 5.32 Å². The summed E-state index contributed by atoms with van der Waals surface area (Å²) >= 11 is 0. The molecule has 0 spiro atoms. The Morgan fingerprint density at radius 2 is 1.77 bits per heavy atom. The molecule has 1 aromatic heterocycles. The summed E-state index contributed by atoms with van der Waals surface area (Å²) in [5, 5.41) is 14.9. The number of amides is 1. The van der Waals surface area contributed by atoms with Crippen LogP contribution in [-0.4, -0.2) is 15.6 Å². The van der Waals surface area contributed by atoms with Gasteiger partial charge in [0.15, 0.2) is 0 Å². The van der Waals surface area contributed by atoms with Gasteiger partial charge in [-0.05, 0) is 62.1 Å². The molecule has 0 aliphatic heterocycles. The summed E-state index contributed by atoms with van der Waals surface area (Å²) in [4.78, 5) is 26.0. The van der Waals surface area contributed by atoms with Gasteiger partial charge in [0.2, 0.25) is 0 Å². The standard InChI is InChI=1S/C25H28N2O3/c1-16-8-6-11-19(17(16)2)23(28)26-22-13-7-12-21-20(22)14-15-27(25(21)30)24(29)18-9-4-3-5-10-18/h6-8,11-15,18,24,29H,3-5,9-10H2,1-2H3,(H,26,28). The van der Waals surface area contributed by atoms with Crippen molar-refractivity contribution < 1.29 is 9.90 Å². The van der Waals surface area contributed by atoms with Crippen molar-refractivity contribution in [3.63, 3.8) is 0 Å². The number of hydrogen-bond donors (Lipinski definition) is 2. The molecular formula is C25H28N2O3. The van der Waals surface area contributed by atoms with E-state index in [1.54, 1.807) is 30.5 Å². The second kappa shape index (κ2) is 8.44. The highest BCUT2D eigenvalue weighted by Crippen LogP contribution is 2.31. The van der Waals surface area contributed by atoms with Crippen LogP contribution in [0.1, 0.15) is 59.8 Å². The zero-order chi connectivity index (χ0) is 21.3. The first-order chi connectivity index (χ1) is 14.5. The highest BCUT2D eigenvalue weighted by molar-refractivity contribution is 6.09. The van der Waals surface area contributed by atoms with Crippen molar-refractivity contribution >= 4 is 22.4 Å². The maximum absolute atomic E-state index is 13.1. The van der Waals surface area contributed by atoms with E-state index < -0.39 is 6.23 Å². The van der Waals surface area contributed by atoms with Crippen LogP contribution in [0.3, 0.4) is 0 Å². The minimum absolute atomic E-state index is 0.112. The quantitative estimate of drug-likeness (QED) is 0.647. The number of hydrogen-bond acceptors (Lipinski definition) is 3. The Bertz CT molecular complexity index is 1140. The lowest BCUT2D eigenvalue weighted by Crippen LogP contribution is -2.30. The maximum atomic E-state index is 13.1. The molecule has 1 fully saturated rings. The van der Waals surface area contributed by atoms with Crippen LogP contribution in [0.15, 0.2) is 53.5 Å². The SMILES string of the molecule is Cc1cccc(C(=O)Nc2cccc3c(=O)n(C(O)C4CCCCC4)ccc23)c1C. The van der Waals surface area contributed by atoms with E-state index in [9.17, 15) is 14.7 Å². The number of fused-ring (bicyclic) bond motifs is 1. The second-order valence-electron chi connectivity index (χ2n) is 8.31. The van der Waals surface area contributed by atoms with Gasteiger partial charge in [-0.2, -0.15) is 0 Å². The Morgan fingerprint density at radius 1 is 1.03 bits per heavy atom. The number of benzene rings is 2. The molecule has 2 aromatic carbocycles. The van der Waals surface area contributed by atoms with E-state index in [0.717, 1.165) is 36.8 Å². The molecule has 1 atom stereocenters. The number of aryl methyl sites for hydroxylation is 1. The van der Waals surface area contributed by atoms with Gasteiger partial charge in [-0.15, -0.1) is 0 Å². The minimum atomic E-state index is -0.810. The van der Waals surface area contributed by atoms with Crippen LogP contribution in [0.2, 0.25) is 0 Å². The lowest BCUT2D eigenvalue weighted by atomic mass is 9.88. The van der Waals surface area contributed by atoms with Gasteiger partial charge in [0.1, 0.15) is 6.23 Å². The Morgan fingerprint density at radius 3 is 2.53 bits per heavy atom. The Labute approximate surface area is 176 Å². The van der Waals surface area contributed by atoms with Crippen LogP contribution >= 0.6 is 0 Å². The third-order valence-corrected chi connectivity index (χ3v) is 6.43. The Balaban J connectivity index is 1.67. The number of nitrogens with one attached hydrogen (secondary N) is 1. The fourth-order valence-corrected chi connectivity index (χ4v) is 4.46. The molecule has 3 aromatic rings. The predicted octanol–water partition coefficient (Wildman–Crippen LogP) is 4.94. The van der Waals surface area contributed by atoms with Gasteiger partial charge in [-0.1, -0.05) is 37.5 Å². The fraction of sp³-hybridized carbons (Fsp3) is 0.360. The zero-order valence-electron chi connectivity index (χ0n) is 17.5. The number of carbonyl (C=O) groups is 1. The normalized spacial score (nSPS) is 15.8. The van der Waals surface area contributed by atoms with Crippen LogP contribution in [0.25, 0.3) is 10.8 Å². The highest BCUT2D eigenvalue weighted by atomic mass is 16.3. The summed E-state index contributed by atoms with van der Waals surface area (Å²) in [7, 11) is 0. The van der Waals surface area contributed by atoms with Gasteiger partial charge in [0.05, 0.1) is 0 Å². The first-order valence-electron chi connectivity index (χ1n) is 10.7. The van der Waals surface area contributed by atoms with Crippen molar-refractivity contribution in [2.24, 2.45) is 5.92 Å². The van der Waals surface area contributed by atoms with Crippen LogP contribution in [0.4, 0.5) is 5.69 Å². The van der Waals surface area contributed by atoms with Crippen molar-refractivity contribution in [1.82, 2.24) is 4.57 Å². The van der Waals surface area contributed by atoms with Crippen molar-refractivity contribution in [2.45, 2.75) is 52.2 Å². The smallest absolute Gasteiger partial charge is 0.260 e. The van der Waals surface area contributed by atoms with Crippen molar-refractivity contribution in [2.75, 3.05) is 5.32 Å². The van der Waals surface area contributed by atoms with Gasteiger partial charge < -0.3 is 10.4 Å².